The minimum atomic E-state index is 0.538. The molecule has 1 aromatic heterocycles. The Bertz CT molecular complexity index is 362. The number of hydrogen-bond acceptors (Lipinski definition) is 4. The molecule has 2 fully saturated rings. The zero-order valence-electron chi connectivity index (χ0n) is 9.41. The van der Waals surface area contributed by atoms with E-state index < -0.39 is 0 Å². The normalized spacial score (nSPS) is 24.5. The standard InChI is InChI=1S/C11H18N4O/c12-10-9(5-13-14-10)6-15-7-11(8-15)1-3-16-4-2-11/h5H,1-4,6-8H2,(H3,12,13,14). The number of rotatable bonds is 2. The number of nitrogen functional groups attached to an aromatic ring is 1. The van der Waals surface area contributed by atoms with Crippen LogP contribution in [0.4, 0.5) is 5.82 Å². The van der Waals surface area contributed by atoms with Crippen LogP contribution in [0.1, 0.15) is 18.4 Å². The fraction of sp³-hybridized carbons (Fsp3) is 0.727. The van der Waals surface area contributed by atoms with Crippen LogP contribution in [0.25, 0.3) is 0 Å². The quantitative estimate of drug-likeness (QED) is 0.769. The number of H-pyrrole nitrogens is 1. The molecule has 2 aliphatic heterocycles. The van der Waals surface area contributed by atoms with Gasteiger partial charge in [0.25, 0.3) is 0 Å². The average Bonchev–Trinajstić information content (AvgIpc) is 2.64. The summed E-state index contributed by atoms with van der Waals surface area (Å²) in [5.74, 6) is 0.702. The molecule has 0 aliphatic carbocycles. The number of nitrogens with two attached hydrogens (primary N) is 1. The lowest BCUT2D eigenvalue weighted by atomic mass is 9.73. The Labute approximate surface area is 94.9 Å². The Hall–Kier alpha value is -1.07. The molecule has 3 rings (SSSR count). The maximum Gasteiger partial charge on any atom is 0.123 e. The van der Waals surface area contributed by atoms with E-state index in [2.05, 4.69) is 15.1 Å². The van der Waals surface area contributed by atoms with Crippen molar-refractivity contribution < 1.29 is 4.74 Å². The molecule has 0 amide bonds. The number of nitrogens with zero attached hydrogens (tertiary/aromatic N) is 2. The smallest absolute Gasteiger partial charge is 0.123 e. The topological polar surface area (TPSA) is 67.2 Å². The van der Waals surface area contributed by atoms with Gasteiger partial charge in [0.2, 0.25) is 0 Å². The molecule has 0 aromatic carbocycles. The van der Waals surface area contributed by atoms with Crippen molar-refractivity contribution in [2.24, 2.45) is 5.41 Å². The molecular weight excluding hydrogens is 204 g/mol. The molecule has 16 heavy (non-hydrogen) atoms. The number of hydrogen-bond donors (Lipinski definition) is 2. The van der Waals surface area contributed by atoms with Crippen LogP contribution in [0.5, 0.6) is 0 Å². The molecule has 0 saturated carbocycles. The molecule has 1 spiro atoms. The zero-order valence-corrected chi connectivity index (χ0v) is 9.41. The third kappa shape index (κ3) is 1.70. The van der Waals surface area contributed by atoms with E-state index in [0.29, 0.717) is 11.2 Å². The third-order valence-electron chi connectivity index (χ3n) is 3.82. The molecule has 88 valence electrons. The van der Waals surface area contributed by atoms with Gasteiger partial charge in [0.1, 0.15) is 5.82 Å². The van der Waals surface area contributed by atoms with Gasteiger partial charge in [-0.1, -0.05) is 0 Å². The lowest BCUT2D eigenvalue weighted by Gasteiger charge is -2.52. The van der Waals surface area contributed by atoms with Crippen molar-refractivity contribution in [3.8, 4) is 0 Å². The maximum atomic E-state index is 5.77. The first-order valence-corrected chi connectivity index (χ1v) is 5.85. The Morgan fingerprint density at radius 2 is 2.19 bits per heavy atom. The van der Waals surface area contributed by atoms with Crippen LogP contribution in [-0.4, -0.2) is 41.4 Å². The molecule has 1 aromatic rings. The summed E-state index contributed by atoms with van der Waals surface area (Å²) in [5, 5.41) is 6.71. The van der Waals surface area contributed by atoms with Crippen LogP contribution in [0.2, 0.25) is 0 Å². The summed E-state index contributed by atoms with van der Waals surface area (Å²) < 4.78 is 5.41. The number of aromatic nitrogens is 2. The summed E-state index contributed by atoms with van der Waals surface area (Å²) >= 11 is 0. The van der Waals surface area contributed by atoms with E-state index in [0.717, 1.165) is 25.3 Å². The fourth-order valence-corrected chi connectivity index (χ4v) is 2.82. The summed E-state index contributed by atoms with van der Waals surface area (Å²) in [6.45, 7) is 5.15. The molecule has 0 unspecified atom stereocenters. The first kappa shape index (κ1) is 10.1. The molecule has 3 heterocycles. The second-order valence-electron chi connectivity index (χ2n) is 5.07. The highest BCUT2D eigenvalue weighted by molar-refractivity contribution is 5.36. The van der Waals surface area contributed by atoms with Crippen LogP contribution in [0, 0.1) is 5.41 Å². The van der Waals surface area contributed by atoms with Crippen molar-refractivity contribution >= 4 is 5.82 Å². The Morgan fingerprint density at radius 1 is 1.44 bits per heavy atom. The second kappa shape index (κ2) is 3.75. The van der Waals surface area contributed by atoms with Crippen LogP contribution in [-0.2, 0) is 11.3 Å². The number of likely N-dealkylation sites (tertiary alicyclic amines) is 1. The average molecular weight is 222 g/mol. The molecule has 5 nitrogen and oxygen atoms in total. The van der Waals surface area contributed by atoms with Gasteiger partial charge >= 0.3 is 0 Å². The number of ether oxygens (including phenoxy) is 1. The largest absolute Gasteiger partial charge is 0.384 e. The van der Waals surface area contributed by atoms with Crippen molar-refractivity contribution in [2.75, 3.05) is 32.0 Å². The highest BCUT2D eigenvalue weighted by Crippen LogP contribution is 2.40. The minimum absolute atomic E-state index is 0.538. The number of aromatic amines is 1. The highest BCUT2D eigenvalue weighted by Gasteiger charge is 2.43. The van der Waals surface area contributed by atoms with Crippen LogP contribution < -0.4 is 5.73 Å². The summed E-state index contributed by atoms with van der Waals surface area (Å²) in [6, 6.07) is 0. The van der Waals surface area contributed by atoms with E-state index in [-0.39, 0.29) is 0 Å². The van der Waals surface area contributed by atoms with E-state index in [4.69, 9.17) is 10.5 Å². The van der Waals surface area contributed by atoms with E-state index in [9.17, 15) is 0 Å². The molecule has 3 N–H and O–H groups in total. The van der Waals surface area contributed by atoms with Crippen molar-refractivity contribution in [2.45, 2.75) is 19.4 Å². The van der Waals surface area contributed by atoms with Crippen molar-refractivity contribution in [3.05, 3.63) is 11.8 Å². The summed E-state index contributed by atoms with van der Waals surface area (Å²) in [7, 11) is 0. The molecular formula is C11H18N4O. The predicted molar refractivity (Wildman–Crippen MR) is 60.8 cm³/mol. The lowest BCUT2D eigenvalue weighted by Crippen LogP contribution is -2.57. The maximum absolute atomic E-state index is 5.77. The zero-order chi connectivity index (χ0) is 11.0. The van der Waals surface area contributed by atoms with Crippen LogP contribution in [0.15, 0.2) is 6.20 Å². The summed E-state index contributed by atoms with van der Waals surface area (Å²) in [5.41, 5.74) is 7.42. The summed E-state index contributed by atoms with van der Waals surface area (Å²) in [6.07, 6.45) is 4.25. The first-order chi connectivity index (χ1) is 7.77. The van der Waals surface area contributed by atoms with Gasteiger partial charge < -0.3 is 10.5 Å². The van der Waals surface area contributed by atoms with E-state index in [1.54, 1.807) is 0 Å². The van der Waals surface area contributed by atoms with Gasteiger partial charge in [-0.25, -0.2) is 0 Å². The predicted octanol–water partition coefficient (Wildman–Crippen LogP) is 0.604. The number of nitrogens with one attached hydrogen (secondary N) is 1. The van der Waals surface area contributed by atoms with Crippen molar-refractivity contribution in [1.29, 1.82) is 0 Å². The van der Waals surface area contributed by atoms with Crippen molar-refractivity contribution in [3.63, 3.8) is 0 Å². The molecule has 0 atom stereocenters. The Morgan fingerprint density at radius 3 is 2.81 bits per heavy atom. The lowest BCUT2D eigenvalue weighted by molar-refractivity contribution is -0.0838. The van der Waals surface area contributed by atoms with Crippen LogP contribution in [0.3, 0.4) is 0 Å². The monoisotopic (exact) mass is 222 g/mol. The van der Waals surface area contributed by atoms with Gasteiger partial charge in [0, 0.05) is 43.8 Å². The third-order valence-corrected chi connectivity index (χ3v) is 3.82. The van der Waals surface area contributed by atoms with Gasteiger partial charge in [-0.05, 0) is 12.8 Å². The molecule has 5 heteroatoms. The molecule has 2 aliphatic rings. The van der Waals surface area contributed by atoms with Gasteiger partial charge in [-0.15, -0.1) is 0 Å². The van der Waals surface area contributed by atoms with Gasteiger partial charge in [0.15, 0.2) is 0 Å². The number of anilines is 1. The van der Waals surface area contributed by atoms with E-state index >= 15 is 0 Å². The molecule has 0 bridgehead atoms. The summed E-state index contributed by atoms with van der Waals surface area (Å²) in [4.78, 5) is 2.44. The Balaban J connectivity index is 1.55. The van der Waals surface area contributed by atoms with Gasteiger partial charge in [0.05, 0.1) is 6.20 Å². The van der Waals surface area contributed by atoms with Crippen LogP contribution >= 0.6 is 0 Å². The molecule has 0 radical (unpaired) electrons. The second-order valence-corrected chi connectivity index (χ2v) is 5.07. The van der Waals surface area contributed by atoms with Gasteiger partial charge in [-0.3, -0.25) is 10.00 Å². The van der Waals surface area contributed by atoms with Gasteiger partial charge in [-0.2, -0.15) is 5.10 Å². The first-order valence-electron chi connectivity index (χ1n) is 5.85. The SMILES string of the molecule is Nc1[nH]ncc1CN1CC2(CCOCC2)C1. The minimum Gasteiger partial charge on any atom is -0.384 e. The fourth-order valence-electron chi connectivity index (χ4n) is 2.82. The highest BCUT2D eigenvalue weighted by atomic mass is 16.5. The Kier molecular flexibility index (Phi) is 2.37. The van der Waals surface area contributed by atoms with E-state index in [1.807, 2.05) is 6.20 Å². The van der Waals surface area contributed by atoms with E-state index in [1.165, 1.54) is 25.9 Å². The molecule has 2 saturated heterocycles. The van der Waals surface area contributed by atoms with Crippen molar-refractivity contribution in [1.82, 2.24) is 15.1 Å².